The molecule has 0 bridgehead atoms. The number of piperidine rings is 1. The van der Waals surface area contributed by atoms with Crippen LogP contribution in [0.3, 0.4) is 0 Å². The molecule has 1 unspecified atom stereocenters. The molecular formula is C22H27F3N4O2. The Morgan fingerprint density at radius 1 is 1.26 bits per heavy atom. The Morgan fingerprint density at radius 3 is 2.65 bits per heavy atom. The lowest BCUT2D eigenvalue weighted by Gasteiger charge is -2.36. The molecule has 168 valence electrons. The average Bonchev–Trinajstić information content (AvgIpc) is 3.21. The van der Waals surface area contributed by atoms with E-state index in [1.165, 1.54) is 6.07 Å². The van der Waals surface area contributed by atoms with E-state index in [1.807, 2.05) is 11.8 Å². The maximum absolute atomic E-state index is 13.4. The second kappa shape index (κ2) is 8.63. The van der Waals surface area contributed by atoms with Gasteiger partial charge in [-0.15, -0.1) is 0 Å². The van der Waals surface area contributed by atoms with E-state index < -0.39 is 18.0 Å². The number of halogens is 3. The van der Waals surface area contributed by atoms with Crippen LogP contribution in [-0.4, -0.2) is 50.6 Å². The van der Waals surface area contributed by atoms with E-state index in [1.54, 1.807) is 17.0 Å². The summed E-state index contributed by atoms with van der Waals surface area (Å²) < 4.78 is 40.1. The molecule has 31 heavy (non-hydrogen) atoms. The second-order valence-corrected chi connectivity index (χ2v) is 8.25. The average molecular weight is 436 g/mol. The highest BCUT2D eigenvalue weighted by Gasteiger charge is 2.37. The highest BCUT2D eigenvalue weighted by Crippen LogP contribution is 2.39. The number of aliphatic hydroxyl groups is 1. The number of H-pyrrole nitrogens is 1. The molecule has 1 amide bonds. The van der Waals surface area contributed by atoms with Gasteiger partial charge in [-0.25, -0.2) is 0 Å². The van der Waals surface area contributed by atoms with Crippen LogP contribution < -0.4 is 0 Å². The van der Waals surface area contributed by atoms with Crippen molar-refractivity contribution in [3.05, 3.63) is 52.3 Å². The molecule has 6 nitrogen and oxygen atoms in total. The molecule has 0 spiro atoms. The first-order valence-electron chi connectivity index (χ1n) is 10.7. The third kappa shape index (κ3) is 4.34. The highest BCUT2D eigenvalue weighted by molar-refractivity contribution is 5.76. The molecule has 1 saturated heterocycles. The van der Waals surface area contributed by atoms with Gasteiger partial charge in [-0.2, -0.15) is 18.3 Å². The van der Waals surface area contributed by atoms with E-state index in [2.05, 4.69) is 10.2 Å². The number of rotatable bonds is 4. The van der Waals surface area contributed by atoms with Crippen LogP contribution in [0.15, 0.2) is 24.3 Å². The van der Waals surface area contributed by atoms with Gasteiger partial charge >= 0.3 is 6.18 Å². The molecule has 2 aromatic rings. The number of nitrogens with one attached hydrogen (secondary N) is 1. The number of aromatic amines is 1. The molecular weight excluding hydrogens is 409 g/mol. The maximum atomic E-state index is 13.4. The topological polar surface area (TPSA) is 72.5 Å². The van der Waals surface area contributed by atoms with Gasteiger partial charge in [-0.05, 0) is 30.4 Å². The molecule has 1 atom stereocenters. The number of nitrogens with zero attached hydrogens (tertiary/aromatic N) is 3. The molecule has 2 N–H and O–H groups in total. The first-order valence-corrected chi connectivity index (χ1v) is 10.7. The van der Waals surface area contributed by atoms with Gasteiger partial charge in [0.2, 0.25) is 5.91 Å². The molecule has 1 aromatic carbocycles. The molecule has 2 aliphatic heterocycles. The van der Waals surface area contributed by atoms with E-state index in [0.29, 0.717) is 63.1 Å². The van der Waals surface area contributed by atoms with Gasteiger partial charge in [0, 0.05) is 50.3 Å². The summed E-state index contributed by atoms with van der Waals surface area (Å²) in [6, 6.07) is 5.75. The zero-order valence-electron chi connectivity index (χ0n) is 17.5. The number of hydrogen-bond acceptors (Lipinski definition) is 4. The molecule has 0 radical (unpaired) electrons. The van der Waals surface area contributed by atoms with Gasteiger partial charge in [-0.3, -0.25) is 14.8 Å². The van der Waals surface area contributed by atoms with Crippen molar-refractivity contribution < 1.29 is 23.1 Å². The molecule has 1 fully saturated rings. The van der Waals surface area contributed by atoms with E-state index in [4.69, 9.17) is 0 Å². The smallest absolute Gasteiger partial charge is 0.372 e. The van der Waals surface area contributed by atoms with Gasteiger partial charge in [-0.1, -0.05) is 25.1 Å². The lowest BCUT2D eigenvalue weighted by Crippen LogP contribution is -2.38. The summed E-state index contributed by atoms with van der Waals surface area (Å²) in [5, 5.41) is 18.3. The maximum Gasteiger partial charge on any atom is 0.416 e. The number of aliphatic hydroxyl groups excluding tert-OH is 1. The van der Waals surface area contributed by atoms with Crippen molar-refractivity contribution in [2.24, 2.45) is 0 Å². The minimum atomic E-state index is -4.37. The summed E-state index contributed by atoms with van der Waals surface area (Å²) in [5.74, 6) is -0.136. The van der Waals surface area contributed by atoms with Crippen LogP contribution in [-0.2, 0) is 23.9 Å². The number of hydrogen-bond donors (Lipinski definition) is 2. The standard InChI is InChI=1S/C22H27F3N4O2/c1-2-19(30)29-12-9-18-16(13-29)20(27-26-18)21(31)28-10-7-14(8-11-28)15-5-3-4-6-17(15)22(23,24)25/h3-6,14,21,31H,2,7-13H2,1H3,(H,26,27). The van der Waals surface area contributed by atoms with Gasteiger partial charge in [0.15, 0.2) is 6.23 Å². The Balaban J connectivity index is 1.45. The molecule has 0 saturated carbocycles. The van der Waals surface area contributed by atoms with Crippen molar-refractivity contribution in [1.29, 1.82) is 0 Å². The normalized spacial score (nSPS) is 19.3. The number of alkyl halides is 3. The quantitative estimate of drug-likeness (QED) is 0.768. The zero-order valence-corrected chi connectivity index (χ0v) is 17.5. The van der Waals surface area contributed by atoms with Crippen LogP contribution in [0, 0.1) is 0 Å². The summed E-state index contributed by atoms with van der Waals surface area (Å²) >= 11 is 0. The molecule has 0 aliphatic carbocycles. The minimum Gasteiger partial charge on any atom is -0.372 e. The van der Waals surface area contributed by atoms with Crippen molar-refractivity contribution in [2.45, 2.75) is 57.5 Å². The summed E-state index contributed by atoms with van der Waals surface area (Å²) in [7, 11) is 0. The first-order chi connectivity index (χ1) is 14.8. The minimum absolute atomic E-state index is 0.0661. The van der Waals surface area contributed by atoms with E-state index in [-0.39, 0.29) is 11.8 Å². The van der Waals surface area contributed by atoms with Crippen molar-refractivity contribution in [3.63, 3.8) is 0 Å². The summed E-state index contributed by atoms with van der Waals surface area (Å²) in [6.45, 7) is 3.81. The number of fused-ring (bicyclic) bond motifs is 1. The number of likely N-dealkylation sites (tertiary alicyclic amines) is 1. The van der Waals surface area contributed by atoms with Crippen LogP contribution >= 0.6 is 0 Å². The van der Waals surface area contributed by atoms with Gasteiger partial charge in [0.05, 0.1) is 5.56 Å². The third-order valence-electron chi connectivity index (χ3n) is 6.45. The highest BCUT2D eigenvalue weighted by atomic mass is 19.4. The summed E-state index contributed by atoms with van der Waals surface area (Å²) in [6.07, 6.45) is -3.18. The fourth-order valence-electron chi connectivity index (χ4n) is 4.71. The zero-order chi connectivity index (χ0) is 22.2. The van der Waals surface area contributed by atoms with Crippen molar-refractivity contribution in [1.82, 2.24) is 20.0 Å². The third-order valence-corrected chi connectivity index (χ3v) is 6.45. The number of amides is 1. The second-order valence-electron chi connectivity index (χ2n) is 8.25. The van der Waals surface area contributed by atoms with E-state index >= 15 is 0 Å². The predicted octanol–water partition coefficient (Wildman–Crippen LogP) is 3.59. The molecule has 4 rings (SSSR count). The predicted molar refractivity (Wildman–Crippen MR) is 108 cm³/mol. The Kier molecular flexibility index (Phi) is 6.07. The van der Waals surface area contributed by atoms with Gasteiger partial charge < -0.3 is 10.0 Å². The number of carbonyl (C=O) groups is 1. The lowest BCUT2D eigenvalue weighted by atomic mass is 9.86. The fraction of sp³-hybridized carbons (Fsp3) is 0.545. The van der Waals surface area contributed by atoms with Crippen LogP contribution in [0.4, 0.5) is 13.2 Å². The Morgan fingerprint density at radius 2 is 1.97 bits per heavy atom. The van der Waals surface area contributed by atoms with Crippen molar-refractivity contribution in [3.8, 4) is 0 Å². The number of benzene rings is 1. The van der Waals surface area contributed by atoms with Crippen molar-refractivity contribution in [2.75, 3.05) is 19.6 Å². The van der Waals surface area contributed by atoms with Crippen LogP contribution in [0.1, 0.15) is 66.4 Å². The number of carbonyl (C=O) groups excluding carboxylic acids is 1. The Hall–Kier alpha value is -2.39. The first kappa shape index (κ1) is 21.8. The summed E-state index contributed by atoms with van der Waals surface area (Å²) in [4.78, 5) is 15.7. The van der Waals surface area contributed by atoms with Gasteiger partial charge in [0.1, 0.15) is 5.69 Å². The number of aromatic nitrogens is 2. The molecule has 1 aromatic heterocycles. The lowest BCUT2D eigenvalue weighted by molar-refractivity contribution is -0.138. The largest absolute Gasteiger partial charge is 0.416 e. The van der Waals surface area contributed by atoms with Crippen LogP contribution in [0.2, 0.25) is 0 Å². The monoisotopic (exact) mass is 436 g/mol. The van der Waals surface area contributed by atoms with Gasteiger partial charge in [0.25, 0.3) is 0 Å². The van der Waals surface area contributed by atoms with Crippen molar-refractivity contribution >= 4 is 5.91 Å². The Bertz CT molecular complexity index is 935. The van der Waals surface area contributed by atoms with E-state index in [9.17, 15) is 23.1 Å². The molecule has 3 heterocycles. The molecule has 2 aliphatic rings. The van der Waals surface area contributed by atoms with Crippen LogP contribution in [0.5, 0.6) is 0 Å². The fourth-order valence-corrected chi connectivity index (χ4v) is 4.71. The Labute approximate surface area is 179 Å². The van der Waals surface area contributed by atoms with E-state index in [0.717, 1.165) is 17.3 Å². The SMILES string of the molecule is CCC(=O)N1CCc2[nH]nc(C(O)N3CCC(c4ccccc4C(F)(F)F)CC3)c2C1. The van der Waals surface area contributed by atoms with Crippen LogP contribution in [0.25, 0.3) is 0 Å². The molecule has 9 heteroatoms. The summed E-state index contributed by atoms with van der Waals surface area (Å²) in [5.41, 5.74) is 2.05.